The minimum absolute atomic E-state index is 0.252. The number of rotatable bonds is 3. The molecule has 1 heterocycles. The maximum atomic E-state index is 5.55. The summed E-state index contributed by atoms with van der Waals surface area (Å²) >= 11 is 3.47. The summed E-state index contributed by atoms with van der Waals surface area (Å²) < 4.78 is 16.9. The first kappa shape index (κ1) is 10.8. The summed E-state index contributed by atoms with van der Waals surface area (Å²) in [5, 5.41) is 0. The molecule has 1 aliphatic heterocycles. The van der Waals surface area contributed by atoms with Gasteiger partial charge in [-0.3, -0.25) is 0 Å². The molecule has 0 aromatic heterocycles. The summed E-state index contributed by atoms with van der Waals surface area (Å²) in [6.07, 6.45) is 0. The summed E-state index contributed by atoms with van der Waals surface area (Å²) in [6, 6.07) is 3.89. The fraction of sp³-hybridized carbons (Fsp3) is 0.455. The van der Waals surface area contributed by atoms with Gasteiger partial charge in [0, 0.05) is 18.6 Å². The summed E-state index contributed by atoms with van der Waals surface area (Å²) in [5.74, 6) is 2.11. The molecule has 1 unspecified atom stereocenters. The molecular weight excluding hydrogens is 260 g/mol. The van der Waals surface area contributed by atoms with Crippen LogP contribution in [0.2, 0.25) is 0 Å². The number of fused-ring (bicyclic) bond motifs is 1. The lowest BCUT2D eigenvalue weighted by Gasteiger charge is -2.12. The molecular formula is C11H13BrO3. The van der Waals surface area contributed by atoms with Crippen LogP contribution >= 0.6 is 15.9 Å². The molecule has 0 aliphatic carbocycles. The average Bonchev–Trinajstić information content (AvgIpc) is 2.60. The molecule has 1 aliphatic rings. The molecule has 15 heavy (non-hydrogen) atoms. The highest BCUT2D eigenvalue weighted by Crippen LogP contribution is 2.44. The van der Waals surface area contributed by atoms with Gasteiger partial charge in [-0.15, -0.1) is 0 Å². The van der Waals surface area contributed by atoms with Crippen molar-refractivity contribution in [3.8, 4) is 11.5 Å². The van der Waals surface area contributed by atoms with Crippen molar-refractivity contribution in [2.24, 2.45) is 0 Å². The van der Waals surface area contributed by atoms with Gasteiger partial charge in [0.15, 0.2) is 6.79 Å². The number of benzene rings is 1. The van der Waals surface area contributed by atoms with Crippen molar-refractivity contribution in [3.05, 3.63) is 22.2 Å². The Kier molecular flexibility index (Phi) is 3.17. The van der Waals surface area contributed by atoms with Crippen LogP contribution in [-0.4, -0.2) is 20.5 Å². The topological polar surface area (TPSA) is 27.7 Å². The van der Waals surface area contributed by atoms with Gasteiger partial charge in [0.2, 0.25) is 0 Å². The Bertz CT molecular complexity index is 365. The van der Waals surface area contributed by atoms with Crippen molar-refractivity contribution in [1.82, 2.24) is 0 Å². The Labute approximate surface area is 97.5 Å². The highest BCUT2D eigenvalue weighted by molar-refractivity contribution is 9.10. The van der Waals surface area contributed by atoms with E-state index >= 15 is 0 Å². The third kappa shape index (κ3) is 1.96. The monoisotopic (exact) mass is 272 g/mol. The molecule has 0 fully saturated rings. The fourth-order valence-corrected chi connectivity index (χ4v) is 2.17. The second-order valence-electron chi connectivity index (χ2n) is 3.55. The zero-order chi connectivity index (χ0) is 10.8. The van der Waals surface area contributed by atoms with Crippen LogP contribution in [0.3, 0.4) is 0 Å². The van der Waals surface area contributed by atoms with Crippen LogP contribution < -0.4 is 9.47 Å². The van der Waals surface area contributed by atoms with Crippen LogP contribution in [0, 0.1) is 0 Å². The Morgan fingerprint density at radius 2 is 2.33 bits per heavy atom. The number of hydrogen-bond acceptors (Lipinski definition) is 3. The van der Waals surface area contributed by atoms with E-state index in [1.165, 1.54) is 0 Å². The summed E-state index contributed by atoms with van der Waals surface area (Å²) in [4.78, 5) is 0. The molecule has 0 bridgehead atoms. The second kappa shape index (κ2) is 4.41. The van der Waals surface area contributed by atoms with E-state index in [1.54, 1.807) is 7.11 Å². The van der Waals surface area contributed by atoms with Crippen LogP contribution in [0.1, 0.15) is 18.4 Å². The third-order valence-corrected chi connectivity index (χ3v) is 3.04. The fourth-order valence-electron chi connectivity index (χ4n) is 1.71. The lowest BCUT2D eigenvalue weighted by atomic mass is 10.0. The van der Waals surface area contributed by atoms with Gasteiger partial charge in [-0.2, -0.15) is 0 Å². The van der Waals surface area contributed by atoms with E-state index < -0.39 is 0 Å². The van der Waals surface area contributed by atoms with Gasteiger partial charge in [-0.05, 0) is 28.1 Å². The maximum absolute atomic E-state index is 5.55. The standard InChI is InChI=1S/C11H13BrO3/c1-7-5-14-9-4-3-8(12)11(10(7)9)15-6-13-2/h3-4,7H,5-6H2,1-2H3. The van der Waals surface area contributed by atoms with Gasteiger partial charge in [0.05, 0.1) is 11.1 Å². The molecule has 2 rings (SSSR count). The predicted octanol–water partition coefficient (Wildman–Crippen LogP) is 2.93. The highest BCUT2D eigenvalue weighted by atomic mass is 79.9. The molecule has 1 aromatic rings. The molecule has 0 N–H and O–H groups in total. The first-order valence-corrected chi connectivity index (χ1v) is 5.60. The smallest absolute Gasteiger partial charge is 0.188 e. The molecule has 0 saturated heterocycles. The summed E-state index contributed by atoms with van der Waals surface area (Å²) in [6.45, 7) is 3.09. The summed E-state index contributed by atoms with van der Waals surface area (Å²) in [5.41, 5.74) is 1.13. The lowest BCUT2D eigenvalue weighted by molar-refractivity contribution is 0.0498. The quantitative estimate of drug-likeness (QED) is 0.792. The van der Waals surface area contributed by atoms with E-state index in [0.717, 1.165) is 28.1 Å². The first-order valence-electron chi connectivity index (χ1n) is 4.81. The van der Waals surface area contributed by atoms with Gasteiger partial charge in [0.25, 0.3) is 0 Å². The molecule has 0 radical (unpaired) electrons. The van der Waals surface area contributed by atoms with Gasteiger partial charge in [-0.1, -0.05) is 6.92 Å². The van der Waals surface area contributed by atoms with E-state index in [2.05, 4.69) is 22.9 Å². The van der Waals surface area contributed by atoms with Crippen molar-refractivity contribution in [2.75, 3.05) is 20.5 Å². The van der Waals surface area contributed by atoms with Crippen molar-refractivity contribution < 1.29 is 14.2 Å². The molecule has 3 nitrogen and oxygen atoms in total. The van der Waals surface area contributed by atoms with Crippen molar-refractivity contribution in [1.29, 1.82) is 0 Å². The van der Waals surface area contributed by atoms with Gasteiger partial charge in [-0.25, -0.2) is 0 Å². The number of hydrogen-bond donors (Lipinski definition) is 0. The number of ether oxygens (including phenoxy) is 3. The molecule has 0 saturated carbocycles. The normalized spacial score (nSPS) is 18.5. The van der Waals surface area contributed by atoms with E-state index in [4.69, 9.17) is 14.2 Å². The van der Waals surface area contributed by atoms with Crippen LogP contribution in [0.4, 0.5) is 0 Å². The Morgan fingerprint density at radius 3 is 3.07 bits per heavy atom. The first-order chi connectivity index (χ1) is 7.24. The molecule has 82 valence electrons. The molecule has 0 amide bonds. The van der Waals surface area contributed by atoms with Gasteiger partial charge >= 0.3 is 0 Å². The van der Waals surface area contributed by atoms with E-state index in [1.807, 2.05) is 12.1 Å². The minimum atomic E-state index is 0.252. The Morgan fingerprint density at radius 1 is 1.53 bits per heavy atom. The zero-order valence-corrected chi connectivity index (χ0v) is 10.3. The summed E-state index contributed by atoms with van der Waals surface area (Å²) in [7, 11) is 1.61. The molecule has 1 atom stereocenters. The van der Waals surface area contributed by atoms with Crippen molar-refractivity contribution >= 4 is 15.9 Å². The molecule has 1 aromatic carbocycles. The van der Waals surface area contributed by atoms with Gasteiger partial charge in [0.1, 0.15) is 11.5 Å². The largest absolute Gasteiger partial charge is 0.493 e. The van der Waals surface area contributed by atoms with E-state index in [-0.39, 0.29) is 6.79 Å². The SMILES string of the molecule is COCOc1c(Br)ccc2c1C(C)CO2. The van der Waals surface area contributed by atoms with Crippen LogP contribution in [0.15, 0.2) is 16.6 Å². The van der Waals surface area contributed by atoms with Crippen LogP contribution in [0.5, 0.6) is 11.5 Å². The third-order valence-electron chi connectivity index (χ3n) is 2.41. The van der Waals surface area contributed by atoms with Crippen LogP contribution in [-0.2, 0) is 4.74 Å². The average molecular weight is 273 g/mol. The minimum Gasteiger partial charge on any atom is -0.493 e. The van der Waals surface area contributed by atoms with Crippen molar-refractivity contribution in [3.63, 3.8) is 0 Å². The maximum Gasteiger partial charge on any atom is 0.188 e. The predicted molar refractivity (Wildman–Crippen MR) is 60.6 cm³/mol. The number of halogens is 1. The lowest BCUT2D eigenvalue weighted by Crippen LogP contribution is -2.03. The van der Waals surface area contributed by atoms with E-state index in [9.17, 15) is 0 Å². The van der Waals surface area contributed by atoms with E-state index in [0.29, 0.717) is 5.92 Å². The second-order valence-corrected chi connectivity index (χ2v) is 4.41. The molecule has 4 heteroatoms. The molecule has 0 spiro atoms. The van der Waals surface area contributed by atoms with Crippen molar-refractivity contribution in [2.45, 2.75) is 12.8 Å². The Hall–Kier alpha value is -0.740. The van der Waals surface area contributed by atoms with Gasteiger partial charge < -0.3 is 14.2 Å². The zero-order valence-electron chi connectivity index (χ0n) is 8.75. The van der Waals surface area contributed by atoms with Crippen LogP contribution in [0.25, 0.3) is 0 Å². The number of methoxy groups -OCH3 is 1. The highest BCUT2D eigenvalue weighted by Gasteiger charge is 2.26. The Balaban J connectivity index is 2.38.